The zero-order chi connectivity index (χ0) is 23.6. The first-order chi connectivity index (χ1) is 14.9. The maximum Gasteiger partial charge on any atom is 0.0757 e. The summed E-state index contributed by atoms with van der Waals surface area (Å²) in [5.74, 6) is 0.859. The summed E-state index contributed by atoms with van der Waals surface area (Å²) in [5.41, 5.74) is 0.449. The van der Waals surface area contributed by atoms with Crippen LogP contribution in [0.4, 0.5) is 0 Å². The Hall–Kier alpha value is -0.460. The molecular weight excluding hydrogens is 404 g/mol. The van der Waals surface area contributed by atoms with Gasteiger partial charge in [-0.25, -0.2) is 0 Å². The Labute approximate surface area is 193 Å². The molecule has 12 atom stereocenters. The van der Waals surface area contributed by atoms with Crippen molar-refractivity contribution < 1.29 is 25.5 Å². The van der Waals surface area contributed by atoms with Crippen molar-refractivity contribution in [2.45, 2.75) is 110 Å². The molecule has 3 fully saturated rings. The van der Waals surface area contributed by atoms with E-state index >= 15 is 0 Å². The summed E-state index contributed by atoms with van der Waals surface area (Å²) in [6.45, 7) is 10.8. The molecule has 0 aromatic carbocycles. The van der Waals surface area contributed by atoms with Crippen LogP contribution in [0, 0.1) is 46.3 Å². The van der Waals surface area contributed by atoms with Gasteiger partial charge in [-0.2, -0.15) is 0 Å². The van der Waals surface area contributed by atoms with Gasteiger partial charge in [-0.3, -0.25) is 0 Å². The molecule has 5 N–H and O–H groups in total. The number of aliphatic hydroxyl groups is 5. The highest BCUT2D eigenvalue weighted by atomic mass is 16.3. The third kappa shape index (κ3) is 3.71. The van der Waals surface area contributed by atoms with Gasteiger partial charge in [0.15, 0.2) is 0 Å². The summed E-state index contributed by atoms with van der Waals surface area (Å²) >= 11 is 0. The molecule has 4 aliphatic rings. The van der Waals surface area contributed by atoms with E-state index in [0.29, 0.717) is 25.2 Å². The molecule has 184 valence electrons. The molecule has 32 heavy (non-hydrogen) atoms. The minimum atomic E-state index is -0.614. The number of aliphatic hydroxyl groups excluding tert-OH is 5. The monoisotopic (exact) mass is 450 g/mol. The number of hydrogen-bond acceptors (Lipinski definition) is 5. The van der Waals surface area contributed by atoms with E-state index in [1.165, 1.54) is 0 Å². The van der Waals surface area contributed by atoms with Crippen molar-refractivity contribution in [3.05, 3.63) is 11.6 Å². The van der Waals surface area contributed by atoms with Gasteiger partial charge >= 0.3 is 0 Å². The molecular formula is C27H46O5. The van der Waals surface area contributed by atoms with Crippen molar-refractivity contribution in [3.63, 3.8) is 0 Å². The van der Waals surface area contributed by atoms with Crippen molar-refractivity contribution in [1.29, 1.82) is 0 Å². The standard InChI is InChI=1S/C27H46O5/c1-14(2)6-7-20(29)15(3)25-22(31)13-19-24-18(8-9-26(19,25)4)27(5)16(11-21(24)30)10-17(28)12-23(27)32/h11,14-15,17-25,28-32H,6-10,12-13H2,1-5H3/t15-,17-,18+,19+,20+,21+,22+,23-,24-,25+,26+,27+/m1/s1. The van der Waals surface area contributed by atoms with E-state index in [4.69, 9.17) is 0 Å². The molecule has 4 rings (SSSR count). The number of rotatable bonds is 5. The van der Waals surface area contributed by atoms with E-state index in [1.807, 2.05) is 6.08 Å². The zero-order valence-electron chi connectivity index (χ0n) is 20.6. The van der Waals surface area contributed by atoms with Crippen LogP contribution in [-0.4, -0.2) is 56.1 Å². The van der Waals surface area contributed by atoms with Crippen molar-refractivity contribution in [1.82, 2.24) is 0 Å². The molecule has 0 aliphatic heterocycles. The fourth-order valence-corrected chi connectivity index (χ4v) is 8.71. The SMILES string of the molecule is CC(C)CC[C@H](O)[C@@H](C)[C@H]1[C@@H](O)C[C@H]2[C@@H]3[C@@H](O)C=C4C[C@@H](O)C[C@@H](O)[C@]4(C)[C@H]3CC[C@]12C. The average molecular weight is 451 g/mol. The summed E-state index contributed by atoms with van der Waals surface area (Å²) < 4.78 is 0. The van der Waals surface area contributed by atoms with Crippen molar-refractivity contribution >= 4 is 0 Å². The Balaban J connectivity index is 1.62. The van der Waals surface area contributed by atoms with Crippen LogP contribution in [-0.2, 0) is 0 Å². The van der Waals surface area contributed by atoms with Gasteiger partial charge in [0, 0.05) is 11.8 Å². The van der Waals surface area contributed by atoms with Gasteiger partial charge in [-0.05, 0) is 79.4 Å². The fraction of sp³-hybridized carbons (Fsp3) is 0.926. The van der Waals surface area contributed by atoms with Crippen LogP contribution in [0.15, 0.2) is 11.6 Å². The third-order valence-electron chi connectivity index (χ3n) is 10.5. The smallest absolute Gasteiger partial charge is 0.0757 e. The molecule has 0 radical (unpaired) electrons. The zero-order valence-corrected chi connectivity index (χ0v) is 20.6. The van der Waals surface area contributed by atoms with Crippen molar-refractivity contribution in [2.24, 2.45) is 46.3 Å². The molecule has 0 aromatic rings. The largest absolute Gasteiger partial charge is 0.393 e. The summed E-state index contributed by atoms with van der Waals surface area (Å²) in [7, 11) is 0. The first-order valence-electron chi connectivity index (χ1n) is 13.0. The van der Waals surface area contributed by atoms with E-state index in [2.05, 4.69) is 34.6 Å². The predicted molar refractivity (Wildman–Crippen MR) is 125 cm³/mol. The van der Waals surface area contributed by atoms with Crippen LogP contribution >= 0.6 is 0 Å². The maximum atomic E-state index is 11.3. The van der Waals surface area contributed by atoms with E-state index in [9.17, 15) is 25.5 Å². The lowest BCUT2D eigenvalue weighted by Gasteiger charge is -2.60. The molecule has 0 unspecified atom stereocenters. The molecule has 3 saturated carbocycles. The van der Waals surface area contributed by atoms with Crippen LogP contribution in [0.25, 0.3) is 0 Å². The summed E-state index contributed by atoms with van der Waals surface area (Å²) in [6.07, 6.45) is 4.38. The lowest BCUT2D eigenvalue weighted by molar-refractivity contribution is -0.137. The highest BCUT2D eigenvalue weighted by Crippen LogP contribution is 2.67. The van der Waals surface area contributed by atoms with Gasteiger partial charge in [-0.15, -0.1) is 0 Å². The van der Waals surface area contributed by atoms with Crippen LogP contribution in [0.5, 0.6) is 0 Å². The lowest BCUT2D eigenvalue weighted by Crippen LogP contribution is -2.59. The first kappa shape index (κ1) is 24.7. The van der Waals surface area contributed by atoms with E-state index < -0.39 is 35.9 Å². The van der Waals surface area contributed by atoms with Crippen LogP contribution in [0.1, 0.15) is 79.6 Å². The normalized spacial score (nSPS) is 50.3. The minimum absolute atomic E-state index is 0.00736. The van der Waals surface area contributed by atoms with Gasteiger partial charge in [0.05, 0.1) is 30.5 Å². The van der Waals surface area contributed by atoms with Gasteiger partial charge in [0.2, 0.25) is 0 Å². The molecule has 5 nitrogen and oxygen atoms in total. The summed E-state index contributed by atoms with van der Waals surface area (Å²) in [4.78, 5) is 0. The highest BCUT2D eigenvalue weighted by molar-refractivity contribution is 5.30. The van der Waals surface area contributed by atoms with Crippen LogP contribution < -0.4 is 0 Å². The molecule has 0 saturated heterocycles. The van der Waals surface area contributed by atoms with Crippen LogP contribution in [0.3, 0.4) is 0 Å². The van der Waals surface area contributed by atoms with E-state index in [0.717, 1.165) is 31.3 Å². The van der Waals surface area contributed by atoms with E-state index in [-0.39, 0.29) is 35.0 Å². The Morgan fingerprint density at radius 1 is 1.00 bits per heavy atom. The Morgan fingerprint density at radius 3 is 2.34 bits per heavy atom. The van der Waals surface area contributed by atoms with Crippen molar-refractivity contribution in [3.8, 4) is 0 Å². The second-order valence-electron chi connectivity index (χ2n) is 12.6. The lowest BCUT2D eigenvalue weighted by atomic mass is 9.45. The third-order valence-corrected chi connectivity index (χ3v) is 10.5. The van der Waals surface area contributed by atoms with Gasteiger partial charge in [0.25, 0.3) is 0 Å². The quantitative estimate of drug-likeness (QED) is 0.414. The molecule has 4 aliphatic carbocycles. The first-order valence-corrected chi connectivity index (χ1v) is 13.0. The molecule has 0 heterocycles. The highest BCUT2D eigenvalue weighted by Gasteiger charge is 2.65. The summed E-state index contributed by atoms with van der Waals surface area (Å²) in [6, 6.07) is 0. The van der Waals surface area contributed by atoms with Crippen LogP contribution in [0.2, 0.25) is 0 Å². The predicted octanol–water partition coefficient (Wildman–Crippen LogP) is 3.27. The Bertz CT molecular complexity index is 721. The van der Waals surface area contributed by atoms with Gasteiger partial charge < -0.3 is 25.5 Å². The minimum Gasteiger partial charge on any atom is -0.393 e. The van der Waals surface area contributed by atoms with E-state index in [1.54, 1.807) is 0 Å². The average Bonchev–Trinajstić information content (AvgIpc) is 2.97. The van der Waals surface area contributed by atoms with Gasteiger partial charge in [0.1, 0.15) is 0 Å². The number of hydrogen-bond donors (Lipinski definition) is 5. The fourth-order valence-electron chi connectivity index (χ4n) is 8.71. The summed E-state index contributed by atoms with van der Waals surface area (Å²) in [5, 5.41) is 54.8. The second-order valence-corrected chi connectivity index (χ2v) is 12.6. The Morgan fingerprint density at radius 2 is 1.69 bits per heavy atom. The molecule has 0 amide bonds. The molecule has 0 bridgehead atoms. The molecule has 5 heteroatoms. The van der Waals surface area contributed by atoms with Gasteiger partial charge in [-0.1, -0.05) is 46.3 Å². The van der Waals surface area contributed by atoms with Crippen molar-refractivity contribution in [2.75, 3.05) is 0 Å². The maximum absolute atomic E-state index is 11.3. The molecule has 0 spiro atoms. The second kappa shape index (κ2) is 8.64. The number of fused-ring (bicyclic) bond motifs is 5. The Kier molecular flexibility index (Phi) is 6.66. The molecule has 0 aromatic heterocycles. The topological polar surface area (TPSA) is 101 Å².